The zero-order chi connectivity index (χ0) is 15.5. The number of ether oxygens (including phenoxy) is 2. The number of aromatic nitrogens is 1. The molecule has 0 bridgehead atoms. The van der Waals surface area contributed by atoms with Gasteiger partial charge in [-0.25, -0.2) is 18.6 Å². The fourth-order valence-corrected chi connectivity index (χ4v) is 1.47. The molecule has 10 heteroatoms. The Hall–Kier alpha value is -1.97. The molecule has 1 aromatic rings. The van der Waals surface area contributed by atoms with Gasteiger partial charge in [0.2, 0.25) is 5.88 Å². The van der Waals surface area contributed by atoms with Crippen LogP contribution in [0.4, 0.5) is 22.0 Å². The van der Waals surface area contributed by atoms with Gasteiger partial charge in [0.15, 0.2) is 0 Å². The SMILES string of the molecule is COC(=O)c1cnc(OC(F)(F)F)c(C(F)F)c1CN. The van der Waals surface area contributed by atoms with Gasteiger partial charge < -0.3 is 15.2 Å². The van der Waals surface area contributed by atoms with Crippen molar-refractivity contribution in [1.82, 2.24) is 4.98 Å². The molecule has 0 radical (unpaired) electrons. The number of methoxy groups -OCH3 is 1. The summed E-state index contributed by atoms with van der Waals surface area (Å²) in [4.78, 5) is 14.4. The molecule has 0 aliphatic heterocycles. The third kappa shape index (κ3) is 3.53. The van der Waals surface area contributed by atoms with Gasteiger partial charge in [-0.05, 0) is 5.56 Å². The van der Waals surface area contributed by atoms with Crippen molar-refractivity contribution in [1.29, 1.82) is 0 Å². The molecule has 112 valence electrons. The van der Waals surface area contributed by atoms with Crippen molar-refractivity contribution in [3.8, 4) is 5.88 Å². The Bertz CT molecular complexity index is 504. The molecule has 0 fully saturated rings. The third-order valence-electron chi connectivity index (χ3n) is 2.23. The standard InChI is InChI=1S/C10H9F5N2O3/c1-19-9(18)5-3-17-8(20-10(13,14)15)6(7(11)12)4(5)2-16/h3,7H,2,16H2,1H3. The Morgan fingerprint density at radius 2 is 2.05 bits per heavy atom. The summed E-state index contributed by atoms with van der Waals surface area (Å²) >= 11 is 0. The van der Waals surface area contributed by atoms with Crippen LogP contribution in [0.1, 0.15) is 27.9 Å². The number of nitrogens with two attached hydrogens (primary N) is 1. The summed E-state index contributed by atoms with van der Waals surface area (Å²) in [5.74, 6) is -2.39. The number of carbonyl (C=O) groups is 1. The van der Waals surface area contributed by atoms with E-state index in [1.807, 2.05) is 0 Å². The Morgan fingerprint density at radius 1 is 1.45 bits per heavy atom. The van der Waals surface area contributed by atoms with E-state index >= 15 is 0 Å². The van der Waals surface area contributed by atoms with Crippen LogP contribution in [0.3, 0.4) is 0 Å². The Morgan fingerprint density at radius 3 is 2.45 bits per heavy atom. The minimum atomic E-state index is -5.20. The van der Waals surface area contributed by atoms with Crippen molar-refractivity contribution in [2.24, 2.45) is 5.73 Å². The van der Waals surface area contributed by atoms with E-state index in [1.54, 1.807) is 0 Å². The number of hydrogen-bond donors (Lipinski definition) is 1. The summed E-state index contributed by atoms with van der Waals surface area (Å²) in [5.41, 5.74) is 3.06. The smallest absolute Gasteiger partial charge is 0.465 e. The maximum absolute atomic E-state index is 12.9. The predicted octanol–water partition coefficient (Wildman–Crippen LogP) is 2.16. The lowest BCUT2D eigenvalue weighted by Crippen LogP contribution is -2.21. The first-order chi connectivity index (χ1) is 9.21. The first-order valence-corrected chi connectivity index (χ1v) is 5.05. The Labute approximate surface area is 109 Å². The number of pyridine rings is 1. The van der Waals surface area contributed by atoms with Gasteiger partial charge in [0, 0.05) is 12.7 Å². The quantitative estimate of drug-likeness (QED) is 0.681. The molecule has 5 nitrogen and oxygen atoms in total. The van der Waals surface area contributed by atoms with Crippen LogP contribution >= 0.6 is 0 Å². The van der Waals surface area contributed by atoms with Crippen molar-refractivity contribution in [3.63, 3.8) is 0 Å². The van der Waals surface area contributed by atoms with Gasteiger partial charge in [-0.3, -0.25) is 0 Å². The van der Waals surface area contributed by atoms with E-state index in [2.05, 4.69) is 14.5 Å². The average Bonchev–Trinajstić information content (AvgIpc) is 2.34. The van der Waals surface area contributed by atoms with E-state index in [9.17, 15) is 26.7 Å². The molecule has 0 aliphatic carbocycles. The second kappa shape index (κ2) is 5.99. The monoisotopic (exact) mass is 300 g/mol. The fraction of sp³-hybridized carbons (Fsp3) is 0.400. The Balaban J connectivity index is 3.46. The lowest BCUT2D eigenvalue weighted by atomic mass is 10.0. The van der Waals surface area contributed by atoms with Crippen LogP contribution in [0.5, 0.6) is 5.88 Å². The van der Waals surface area contributed by atoms with E-state index in [0.717, 1.165) is 7.11 Å². The van der Waals surface area contributed by atoms with Crippen LogP contribution in [0, 0.1) is 0 Å². The van der Waals surface area contributed by atoms with E-state index < -0.39 is 47.9 Å². The first-order valence-electron chi connectivity index (χ1n) is 5.05. The second-order valence-electron chi connectivity index (χ2n) is 3.41. The zero-order valence-electron chi connectivity index (χ0n) is 10.0. The van der Waals surface area contributed by atoms with Gasteiger partial charge in [0.05, 0.1) is 18.2 Å². The van der Waals surface area contributed by atoms with Gasteiger partial charge >= 0.3 is 12.3 Å². The molecular formula is C10H9F5N2O3. The molecule has 0 atom stereocenters. The molecule has 1 aromatic heterocycles. The normalized spacial score (nSPS) is 11.6. The number of nitrogens with zero attached hydrogens (tertiary/aromatic N) is 1. The lowest BCUT2D eigenvalue weighted by molar-refractivity contribution is -0.276. The van der Waals surface area contributed by atoms with Crippen LogP contribution < -0.4 is 10.5 Å². The maximum atomic E-state index is 12.9. The molecule has 0 aliphatic rings. The molecule has 2 N–H and O–H groups in total. The number of halogens is 5. The Kier molecular flexibility index (Phi) is 4.82. The number of esters is 1. The van der Waals surface area contributed by atoms with Crippen molar-refractivity contribution >= 4 is 5.97 Å². The largest absolute Gasteiger partial charge is 0.574 e. The van der Waals surface area contributed by atoms with E-state index in [-0.39, 0.29) is 0 Å². The molecule has 1 rings (SSSR count). The van der Waals surface area contributed by atoms with Crippen molar-refractivity contribution in [2.45, 2.75) is 19.3 Å². The van der Waals surface area contributed by atoms with Crippen LogP contribution in [0.2, 0.25) is 0 Å². The molecule has 1 heterocycles. The molecule has 0 saturated heterocycles. The second-order valence-corrected chi connectivity index (χ2v) is 3.41. The summed E-state index contributed by atoms with van der Waals surface area (Å²) in [5, 5.41) is 0. The lowest BCUT2D eigenvalue weighted by Gasteiger charge is -2.16. The van der Waals surface area contributed by atoms with Crippen LogP contribution in [-0.4, -0.2) is 24.4 Å². The fourth-order valence-electron chi connectivity index (χ4n) is 1.47. The minimum absolute atomic E-state index is 0.445. The number of rotatable bonds is 4. The van der Waals surface area contributed by atoms with Crippen molar-refractivity contribution in [2.75, 3.05) is 7.11 Å². The first kappa shape index (κ1) is 16.1. The van der Waals surface area contributed by atoms with Crippen molar-refractivity contribution in [3.05, 3.63) is 22.9 Å². The van der Waals surface area contributed by atoms with Crippen LogP contribution in [0.15, 0.2) is 6.20 Å². The zero-order valence-corrected chi connectivity index (χ0v) is 10.0. The highest BCUT2D eigenvalue weighted by atomic mass is 19.4. The average molecular weight is 300 g/mol. The van der Waals surface area contributed by atoms with Crippen LogP contribution in [0.25, 0.3) is 0 Å². The molecular weight excluding hydrogens is 291 g/mol. The highest BCUT2D eigenvalue weighted by Gasteiger charge is 2.36. The highest BCUT2D eigenvalue weighted by Crippen LogP contribution is 2.35. The molecule has 20 heavy (non-hydrogen) atoms. The molecule has 0 spiro atoms. The molecule has 0 aromatic carbocycles. The van der Waals surface area contributed by atoms with E-state index in [1.165, 1.54) is 0 Å². The summed E-state index contributed by atoms with van der Waals surface area (Å²) in [6, 6.07) is 0. The van der Waals surface area contributed by atoms with E-state index in [0.29, 0.717) is 6.20 Å². The van der Waals surface area contributed by atoms with Gasteiger partial charge in [-0.2, -0.15) is 0 Å². The maximum Gasteiger partial charge on any atom is 0.574 e. The molecule has 0 saturated carbocycles. The molecule has 0 unspecified atom stereocenters. The van der Waals surface area contributed by atoms with Crippen LogP contribution in [-0.2, 0) is 11.3 Å². The number of alkyl halides is 5. The summed E-state index contributed by atoms with van der Waals surface area (Å²) in [6.07, 6.45) is -7.92. The number of carbonyl (C=O) groups excluding carboxylic acids is 1. The minimum Gasteiger partial charge on any atom is -0.465 e. The summed E-state index contributed by atoms with van der Waals surface area (Å²) in [6.45, 7) is -0.610. The van der Waals surface area contributed by atoms with Gasteiger partial charge in [0.25, 0.3) is 6.43 Å². The molecule has 0 amide bonds. The number of hydrogen-bond acceptors (Lipinski definition) is 5. The highest BCUT2D eigenvalue weighted by molar-refractivity contribution is 5.91. The van der Waals surface area contributed by atoms with Gasteiger partial charge in [-0.15, -0.1) is 13.2 Å². The predicted molar refractivity (Wildman–Crippen MR) is 55.1 cm³/mol. The van der Waals surface area contributed by atoms with Gasteiger partial charge in [-0.1, -0.05) is 0 Å². The topological polar surface area (TPSA) is 74.4 Å². The summed E-state index contributed by atoms with van der Waals surface area (Å²) < 4.78 is 69.9. The third-order valence-corrected chi connectivity index (χ3v) is 2.23. The van der Waals surface area contributed by atoms with Crippen molar-refractivity contribution < 1.29 is 36.2 Å². The van der Waals surface area contributed by atoms with E-state index in [4.69, 9.17) is 5.73 Å². The summed E-state index contributed by atoms with van der Waals surface area (Å²) in [7, 11) is 0.977. The van der Waals surface area contributed by atoms with Gasteiger partial charge in [0.1, 0.15) is 0 Å².